The molecule has 1 aliphatic carbocycles. The van der Waals surface area contributed by atoms with E-state index in [0.29, 0.717) is 6.04 Å². The fourth-order valence-electron chi connectivity index (χ4n) is 2.72. The molecule has 2 rings (SSSR count). The summed E-state index contributed by atoms with van der Waals surface area (Å²) in [5.41, 5.74) is 1.08. The molecule has 0 radical (unpaired) electrons. The SMILES string of the molecule is CC(c1ccccc1)C(NC1CCCC1)C(=O)O. The first-order chi connectivity index (χ1) is 8.68. The monoisotopic (exact) mass is 247 g/mol. The van der Waals surface area contributed by atoms with E-state index in [1.165, 1.54) is 12.8 Å². The Kier molecular flexibility index (Phi) is 4.37. The van der Waals surface area contributed by atoms with Gasteiger partial charge in [0.05, 0.1) is 0 Å². The van der Waals surface area contributed by atoms with Gasteiger partial charge < -0.3 is 10.4 Å². The van der Waals surface area contributed by atoms with Crippen LogP contribution in [-0.2, 0) is 4.79 Å². The first kappa shape index (κ1) is 13.1. The second-order valence-corrected chi connectivity index (χ2v) is 5.16. The van der Waals surface area contributed by atoms with Gasteiger partial charge in [-0.3, -0.25) is 4.79 Å². The zero-order valence-corrected chi connectivity index (χ0v) is 10.8. The van der Waals surface area contributed by atoms with Crippen molar-refractivity contribution < 1.29 is 9.90 Å². The molecule has 0 aliphatic heterocycles. The number of nitrogens with one attached hydrogen (secondary N) is 1. The highest BCUT2D eigenvalue weighted by molar-refractivity contribution is 5.75. The molecule has 0 amide bonds. The van der Waals surface area contributed by atoms with Gasteiger partial charge in [-0.15, -0.1) is 0 Å². The van der Waals surface area contributed by atoms with Gasteiger partial charge in [0.1, 0.15) is 6.04 Å². The molecule has 0 aromatic heterocycles. The molecule has 18 heavy (non-hydrogen) atoms. The van der Waals surface area contributed by atoms with Crippen molar-refractivity contribution in [1.29, 1.82) is 0 Å². The topological polar surface area (TPSA) is 49.3 Å². The van der Waals surface area contributed by atoms with Crippen LogP contribution < -0.4 is 5.32 Å². The smallest absolute Gasteiger partial charge is 0.321 e. The van der Waals surface area contributed by atoms with Crippen LogP contribution in [0.3, 0.4) is 0 Å². The molecule has 0 heterocycles. The van der Waals surface area contributed by atoms with Crippen LogP contribution in [0, 0.1) is 0 Å². The normalized spacial score (nSPS) is 19.6. The van der Waals surface area contributed by atoms with Gasteiger partial charge in [0.2, 0.25) is 0 Å². The van der Waals surface area contributed by atoms with Crippen molar-refractivity contribution in [2.45, 2.75) is 50.6 Å². The van der Waals surface area contributed by atoms with E-state index < -0.39 is 12.0 Å². The summed E-state index contributed by atoms with van der Waals surface area (Å²) in [6, 6.07) is 9.75. The molecule has 2 N–H and O–H groups in total. The van der Waals surface area contributed by atoms with Crippen LogP contribution >= 0.6 is 0 Å². The van der Waals surface area contributed by atoms with Crippen LogP contribution in [-0.4, -0.2) is 23.2 Å². The maximum atomic E-state index is 11.4. The van der Waals surface area contributed by atoms with Crippen LogP contribution in [0.15, 0.2) is 30.3 Å². The highest BCUT2D eigenvalue weighted by Crippen LogP contribution is 2.23. The van der Waals surface area contributed by atoms with Crippen molar-refractivity contribution in [3.63, 3.8) is 0 Å². The molecule has 0 bridgehead atoms. The van der Waals surface area contributed by atoms with Gasteiger partial charge in [0, 0.05) is 12.0 Å². The summed E-state index contributed by atoms with van der Waals surface area (Å²) in [6.07, 6.45) is 4.63. The standard InChI is InChI=1S/C15H21NO2/c1-11(12-7-3-2-4-8-12)14(15(17)18)16-13-9-5-6-10-13/h2-4,7-8,11,13-14,16H,5-6,9-10H2,1H3,(H,17,18). The lowest BCUT2D eigenvalue weighted by atomic mass is 9.92. The first-order valence-electron chi connectivity index (χ1n) is 6.72. The fourth-order valence-corrected chi connectivity index (χ4v) is 2.72. The summed E-state index contributed by atoms with van der Waals surface area (Å²) in [4.78, 5) is 11.4. The third-order valence-corrected chi connectivity index (χ3v) is 3.86. The number of hydrogen-bond acceptors (Lipinski definition) is 2. The molecule has 3 nitrogen and oxygen atoms in total. The molecule has 2 atom stereocenters. The number of carbonyl (C=O) groups is 1. The van der Waals surface area contributed by atoms with E-state index >= 15 is 0 Å². The van der Waals surface area contributed by atoms with Crippen LogP contribution in [0.25, 0.3) is 0 Å². The summed E-state index contributed by atoms with van der Waals surface area (Å²) in [7, 11) is 0. The van der Waals surface area contributed by atoms with E-state index in [0.717, 1.165) is 18.4 Å². The number of hydrogen-bond donors (Lipinski definition) is 2. The van der Waals surface area contributed by atoms with Gasteiger partial charge in [0.25, 0.3) is 0 Å². The quantitative estimate of drug-likeness (QED) is 0.841. The third-order valence-electron chi connectivity index (χ3n) is 3.86. The number of rotatable bonds is 5. The lowest BCUT2D eigenvalue weighted by Gasteiger charge is -2.25. The minimum atomic E-state index is -0.752. The lowest BCUT2D eigenvalue weighted by Crippen LogP contribution is -2.45. The van der Waals surface area contributed by atoms with Crippen molar-refractivity contribution in [2.24, 2.45) is 0 Å². The molecule has 0 saturated heterocycles. The summed E-state index contributed by atoms with van der Waals surface area (Å²) in [5.74, 6) is -0.762. The molecule has 0 spiro atoms. The molecule has 1 fully saturated rings. The van der Waals surface area contributed by atoms with Gasteiger partial charge >= 0.3 is 5.97 Å². The summed E-state index contributed by atoms with van der Waals surface area (Å²) < 4.78 is 0. The Hall–Kier alpha value is -1.35. The van der Waals surface area contributed by atoms with Crippen LogP contribution in [0.4, 0.5) is 0 Å². The number of benzene rings is 1. The Bertz CT molecular complexity index is 385. The van der Waals surface area contributed by atoms with Gasteiger partial charge in [-0.25, -0.2) is 0 Å². The van der Waals surface area contributed by atoms with E-state index in [4.69, 9.17) is 0 Å². The first-order valence-corrected chi connectivity index (χ1v) is 6.72. The van der Waals surface area contributed by atoms with Crippen molar-refractivity contribution in [2.75, 3.05) is 0 Å². The second kappa shape index (κ2) is 6.01. The van der Waals surface area contributed by atoms with Gasteiger partial charge in [-0.1, -0.05) is 50.1 Å². The largest absolute Gasteiger partial charge is 0.480 e. The molecular formula is C15H21NO2. The molecule has 98 valence electrons. The number of carboxylic acids is 1. The summed E-state index contributed by atoms with van der Waals surface area (Å²) in [6.45, 7) is 1.98. The van der Waals surface area contributed by atoms with Gasteiger partial charge in [-0.2, -0.15) is 0 Å². The van der Waals surface area contributed by atoms with E-state index in [1.807, 2.05) is 37.3 Å². The maximum Gasteiger partial charge on any atom is 0.321 e. The Morgan fingerprint density at radius 2 is 1.89 bits per heavy atom. The minimum absolute atomic E-state index is 0.00991. The predicted octanol–water partition coefficient (Wildman–Crippen LogP) is 2.78. The predicted molar refractivity (Wildman–Crippen MR) is 71.7 cm³/mol. The van der Waals surface area contributed by atoms with Crippen molar-refractivity contribution in [3.05, 3.63) is 35.9 Å². The zero-order chi connectivity index (χ0) is 13.0. The zero-order valence-electron chi connectivity index (χ0n) is 10.8. The van der Waals surface area contributed by atoms with Gasteiger partial charge in [0.15, 0.2) is 0 Å². The Morgan fingerprint density at radius 1 is 1.28 bits per heavy atom. The molecular weight excluding hydrogens is 226 g/mol. The van der Waals surface area contributed by atoms with E-state index in [9.17, 15) is 9.90 Å². The average molecular weight is 247 g/mol. The van der Waals surface area contributed by atoms with Crippen LogP contribution in [0.5, 0.6) is 0 Å². The summed E-state index contributed by atoms with van der Waals surface area (Å²) in [5, 5.41) is 12.7. The molecule has 1 aromatic rings. The molecule has 2 unspecified atom stereocenters. The average Bonchev–Trinajstić information content (AvgIpc) is 2.89. The number of carboxylic acid groups (broad SMARTS) is 1. The molecule has 3 heteroatoms. The van der Waals surface area contributed by atoms with E-state index in [1.54, 1.807) is 0 Å². The maximum absolute atomic E-state index is 11.4. The molecule has 1 aromatic carbocycles. The number of aliphatic carboxylic acids is 1. The Morgan fingerprint density at radius 3 is 2.44 bits per heavy atom. The fraction of sp³-hybridized carbons (Fsp3) is 0.533. The highest BCUT2D eigenvalue weighted by atomic mass is 16.4. The van der Waals surface area contributed by atoms with Gasteiger partial charge in [-0.05, 0) is 18.4 Å². The lowest BCUT2D eigenvalue weighted by molar-refractivity contribution is -0.140. The van der Waals surface area contributed by atoms with Crippen molar-refractivity contribution in [3.8, 4) is 0 Å². The van der Waals surface area contributed by atoms with Crippen LogP contribution in [0.1, 0.15) is 44.1 Å². The minimum Gasteiger partial charge on any atom is -0.480 e. The Balaban J connectivity index is 2.07. The third kappa shape index (κ3) is 3.10. The second-order valence-electron chi connectivity index (χ2n) is 5.16. The van der Waals surface area contributed by atoms with Crippen molar-refractivity contribution in [1.82, 2.24) is 5.32 Å². The van der Waals surface area contributed by atoms with E-state index in [-0.39, 0.29) is 5.92 Å². The molecule has 1 saturated carbocycles. The Labute approximate surface area is 108 Å². The van der Waals surface area contributed by atoms with Crippen LogP contribution in [0.2, 0.25) is 0 Å². The van der Waals surface area contributed by atoms with Crippen molar-refractivity contribution >= 4 is 5.97 Å². The molecule has 1 aliphatic rings. The van der Waals surface area contributed by atoms with E-state index in [2.05, 4.69) is 5.32 Å². The summed E-state index contributed by atoms with van der Waals surface area (Å²) >= 11 is 0. The highest BCUT2D eigenvalue weighted by Gasteiger charge is 2.29.